The number of nitrogens with one attached hydrogen (secondary N) is 1. The van der Waals surface area contributed by atoms with Gasteiger partial charge in [-0.3, -0.25) is 24.6 Å². The van der Waals surface area contributed by atoms with Gasteiger partial charge in [0.15, 0.2) is 0 Å². The third-order valence-electron chi connectivity index (χ3n) is 7.20. The van der Waals surface area contributed by atoms with Crippen LogP contribution in [0.4, 0.5) is 0 Å². The molecule has 1 aromatic rings. The van der Waals surface area contributed by atoms with E-state index < -0.39 is 17.6 Å². The number of hydrogen-bond donors (Lipinski definition) is 3. The first kappa shape index (κ1) is 18.7. The molecule has 8 nitrogen and oxygen atoms in total. The van der Waals surface area contributed by atoms with Crippen LogP contribution in [0.2, 0.25) is 0 Å². The first-order chi connectivity index (χ1) is 13.8. The number of nitrogens with two attached hydrogens (primary N) is 1. The minimum absolute atomic E-state index is 0.0870. The van der Waals surface area contributed by atoms with Crippen LogP contribution in [0.3, 0.4) is 0 Å². The number of fused-ring (bicyclic) bond motifs is 1. The van der Waals surface area contributed by atoms with Crippen molar-refractivity contribution in [1.82, 2.24) is 15.1 Å². The highest BCUT2D eigenvalue weighted by atomic mass is 16.3. The van der Waals surface area contributed by atoms with E-state index in [0.29, 0.717) is 44.7 Å². The standard InChI is InChI=1S/C21H26N4O4/c22-10-20(5-6-20)21(29)11-24(12-21)8-13-1-2-15-14(7-13)9-25(19(15)28)16-3-4-17(26)23-18(16)27/h1-2,7,16,29H,3-6,8-12,22H2,(H,23,26,27). The number of aliphatic hydroxyl groups is 1. The Labute approximate surface area is 169 Å². The molecule has 3 amide bonds. The molecule has 0 aromatic heterocycles. The van der Waals surface area contributed by atoms with Crippen LogP contribution >= 0.6 is 0 Å². The number of rotatable bonds is 5. The monoisotopic (exact) mass is 398 g/mol. The largest absolute Gasteiger partial charge is 0.387 e. The first-order valence-electron chi connectivity index (χ1n) is 10.3. The normalized spacial score (nSPS) is 27.4. The summed E-state index contributed by atoms with van der Waals surface area (Å²) in [5, 5.41) is 13.2. The Morgan fingerprint density at radius 1 is 1.21 bits per heavy atom. The van der Waals surface area contributed by atoms with Gasteiger partial charge in [-0.1, -0.05) is 12.1 Å². The van der Waals surface area contributed by atoms with Crippen molar-refractivity contribution in [3.05, 3.63) is 34.9 Å². The van der Waals surface area contributed by atoms with Gasteiger partial charge in [-0.2, -0.15) is 0 Å². The van der Waals surface area contributed by atoms with Gasteiger partial charge in [0.05, 0.1) is 5.60 Å². The lowest BCUT2D eigenvalue weighted by Crippen LogP contribution is -2.67. The quantitative estimate of drug-likeness (QED) is 0.588. The second kappa shape index (κ2) is 6.35. The number of imide groups is 1. The van der Waals surface area contributed by atoms with E-state index in [4.69, 9.17) is 5.73 Å². The van der Waals surface area contributed by atoms with Crippen molar-refractivity contribution < 1.29 is 19.5 Å². The van der Waals surface area contributed by atoms with Gasteiger partial charge in [0, 0.05) is 50.1 Å². The zero-order valence-electron chi connectivity index (χ0n) is 16.3. The van der Waals surface area contributed by atoms with Crippen LogP contribution in [-0.4, -0.2) is 63.9 Å². The second-order valence-electron chi connectivity index (χ2n) is 9.05. The first-order valence-corrected chi connectivity index (χ1v) is 10.3. The molecule has 3 aliphatic heterocycles. The lowest BCUT2D eigenvalue weighted by molar-refractivity contribution is -0.147. The molecule has 8 heteroatoms. The molecule has 3 fully saturated rings. The zero-order valence-corrected chi connectivity index (χ0v) is 16.3. The molecule has 1 aliphatic carbocycles. The third kappa shape index (κ3) is 2.89. The molecule has 3 heterocycles. The fraction of sp³-hybridized carbons (Fsp3) is 0.571. The van der Waals surface area contributed by atoms with E-state index in [1.165, 1.54) is 0 Å². The topological polar surface area (TPSA) is 116 Å². The number of β-amino-alcohol motifs (C(OH)–C–C–N with tert-alkyl or cyclic N) is 1. The molecule has 4 N–H and O–H groups in total. The predicted molar refractivity (Wildman–Crippen MR) is 103 cm³/mol. The molecule has 0 spiro atoms. The van der Waals surface area contributed by atoms with Gasteiger partial charge >= 0.3 is 0 Å². The number of likely N-dealkylation sites (tertiary alicyclic amines) is 1. The number of carbonyl (C=O) groups excluding carboxylic acids is 3. The maximum Gasteiger partial charge on any atom is 0.255 e. The van der Waals surface area contributed by atoms with Crippen LogP contribution in [0, 0.1) is 5.41 Å². The van der Waals surface area contributed by atoms with Crippen LogP contribution in [0.5, 0.6) is 0 Å². The minimum Gasteiger partial charge on any atom is -0.387 e. The Morgan fingerprint density at radius 3 is 2.62 bits per heavy atom. The van der Waals surface area contributed by atoms with Crippen LogP contribution in [0.25, 0.3) is 0 Å². The van der Waals surface area contributed by atoms with E-state index in [1.807, 2.05) is 18.2 Å². The summed E-state index contributed by atoms with van der Waals surface area (Å²) in [7, 11) is 0. The van der Waals surface area contributed by atoms with Crippen molar-refractivity contribution in [3.63, 3.8) is 0 Å². The number of amides is 3. The Morgan fingerprint density at radius 2 is 1.97 bits per heavy atom. The molecule has 4 aliphatic rings. The summed E-state index contributed by atoms with van der Waals surface area (Å²) in [6, 6.07) is 5.20. The number of hydrogen-bond acceptors (Lipinski definition) is 6. The highest BCUT2D eigenvalue weighted by molar-refractivity contribution is 6.05. The number of benzene rings is 1. The fourth-order valence-electron chi connectivity index (χ4n) is 5.14. The smallest absolute Gasteiger partial charge is 0.255 e. The van der Waals surface area contributed by atoms with Gasteiger partial charge in [0.2, 0.25) is 11.8 Å². The van der Waals surface area contributed by atoms with Crippen LogP contribution < -0.4 is 11.1 Å². The molecule has 154 valence electrons. The van der Waals surface area contributed by atoms with Crippen molar-refractivity contribution in [2.45, 2.75) is 50.4 Å². The zero-order chi connectivity index (χ0) is 20.4. The summed E-state index contributed by atoms with van der Waals surface area (Å²) < 4.78 is 0. The molecule has 5 rings (SSSR count). The lowest BCUT2D eigenvalue weighted by atomic mass is 9.77. The Kier molecular flexibility index (Phi) is 4.10. The molecule has 1 aromatic carbocycles. The highest BCUT2D eigenvalue weighted by Crippen LogP contribution is 2.56. The molecule has 1 atom stereocenters. The number of nitrogens with zero attached hydrogens (tertiary/aromatic N) is 2. The fourth-order valence-corrected chi connectivity index (χ4v) is 5.14. The second-order valence-corrected chi connectivity index (χ2v) is 9.05. The molecule has 0 bridgehead atoms. The van der Waals surface area contributed by atoms with Crippen molar-refractivity contribution in [1.29, 1.82) is 0 Å². The Hall–Kier alpha value is -2.29. The summed E-state index contributed by atoms with van der Waals surface area (Å²) in [5.41, 5.74) is 7.73. The van der Waals surface area contributed by atoms with Gasteiger partial charge in [-0.15, -0.1) is 0 Å². The molecule has 29 heavy (non-hydrogen) atoms. The van der Waals surface area contributed by atoms with E-state index in [-0.39, 0.29) is 23.7 Å². The van der Waals surface area contributed by atoms with Gasteiger partial charge in [0.1, 0.15) is 6.04 Å². The molecule has 1 unspecified atom stereocenters. The summed E-state index contributed by atoms with van der Waals surface area (Å²) in [6.07, 6.45) is 2.63. The average molecular weight is 398 g/mol. The van der Waals surface area contributed by atoms with Crippen LogP contribution in [0.15, 0.2) is 18.2 Å². The Bertz CT molecular complexity index is 904. The summed E-state index contributed by atoms with van der Waals surface area (Å²) in [6.45, 7) is 2.89. The van der Waals surface area contributed by atoms with Crippen LogP contribution in [0.1, 0.15) is 47.2 Å². The maximum absolute atomic E-state index is 12.8. The summed E-state index contributed by atoms with van der Waals surface area (Å²) in [5.74, 6) is -0.829. The molecular formula is C21H26N4O4. The number of carbonyl (C=O) groups is 3. The van der Waals surface area contributed by atoms with E-state index in [1.54, 1.807) is 4.90 Å². The van der Waals surface area contributed by atoms with E-state index >= 15 is 0 Å². The van der Waals surface area contributed by atoms with Crippen molar-refractivity contribution in [3.8, 4) is 0 Å². The molecular weight excluding hydrogens is 372 g/mol. The molecule has 0 radical (unpaired) electrons. The summed E-state index contributed by atoms with van der Waals surface area (Å²) in [4.78, 5) is 40.1. The van der Waals surface area contributed by atoms with E-state index in [2.05, 4.69) is 10.2 Å². The molecule has 1 saturated carbocycles. The van der Waals surface area contributed by atoms with E-state index in [0.717, 1.165) is 24.0 Å². The van der Waals surface area contributed by atoms with Crippen LogP contribution in [-0.2, 0) is 22.7 Å². The predicted octanol–water partition coefficient (Wildman–Crippen LogP) is -0.267. The minimum atomic E-state index is -0.670. The SMILES string of the molecule is NCC1(C2(O)CN(Cc3ccc4c(c3)CN(C3CCC(=O)NC3=O)C4=O)C2)CC1. The molecule has 2 saturated heterocycles. The third-order valence-corrected chi connectivity index (χ3v) is 7.20. The average Bonchev–Trinajstić information content (AvgIpc) is 3.41. The number of piperidine rings is 1. The van der Waals surface area contributed by atoms with Crippen molar-refractivity contribution >= 4 is 17.7 Å². The highest BCUT2D eigenvalue weighted by Gasteiger charge is 2.62. The van der Waals surface area contributed by atoms with Gasteiger partial charge in [-0.25, -0.2) is 0 Å². The van der Waals surface area contributed by atoms with Crippen molar-refractivity contribution in [2.75, 3.05) is 19.6 Å². The lowest BCUT2D eigenvalue weighted by Gasteiger charge is -2.51. The van der Waals surface area contributed by atoms with Crippen molar-refractivity contribution in [2.24, 2.45) is 11.1 Å². The van der Waals surface area contributed by atoms with Gasteiger partial charge < -0.3 is 15.7 Å². The van der Waals surface area contributed by atoms with E-state index in [9.17, 15) is 19.5 Å². The summed E-state index contributed by atoms with van der Waals surface area (Å²) >= 11 is 0. The van der Waals surface area contributed by atoms with Gasteiger partial charge in [0.25, 0.3) is 5.91 Å². The Balaban J connectivity index is 1.25. The van der Waals surface area contributed by atoms with Gasteiger partial charge in [-0.05, 0) is 36.5 Å². The maximum atomic E-state index is 12.8.